The van der Waals surface area contributed by atoms with E-state index in [4.69, 9.17) is 13.6 Å². The molecule has 0 rings (SSSR count). The maximum Gasteiger partial charge on any atom is 0.332 e. The summed E-state index contributed by atoms with van der Waals surface area (Å²) in [5.41, 5.74) is 0. The molecule has 106 valence electrons. The first-order chi connectivity index (χ1) is 7.85. The van der Waals surface area contributed by atoms with Gasteiger partial charge < -0.3 is 13.6 Å². The summed E-state index contributed by atoms with van der Waals surface area (Å²) in [4.78, 5) is 0. The molecule has 0 radical (unpaired) electrons. The molecule has 0 aliphatic heterocycles. The van der Waals surface area contributed by atoms with E-state index in [9.17, 15) is 0 Å². The molecule has 0 saturated heterocycles. The van der Waals surface area contributed by atoms with Gasteiger partial charge in [0.2, 0.25) is 0 Å². The lowest BCUT2D eigenvalue weighted by Gasteiger charge is -2.16. The topological polar surface area (TPSA) is 27.7 Å². The van der Waals surface area contributed by atoms with Crippen LogP contribution in [0.4, 0.5) is 0 Å². The third kappa shape index (κ3) is 14.5. The monoisotopic (exact) mass is 286 g/mol. The molecule has 5 heteroatoms. The maximum atomic E-state index is 5.60. The summed E-state index contributed by atoms with van der Waals surface area (Å²) in [6, 6.07) is 0. The largest absolute Gasteiger partial charge is 0.332 e. The van der Waals surface area contributed by atoms with Crippen LogP contribution >= 0.6 is 21.0 Å². The minimum atomic E-state index is -1.10. The van der Waals surface area contributed by atoms with Gasteiger partial charge in [-0.25, -0.2) is 0 Å². The van der Waals surface area contributed by atoms with Gasteiger partial charge in [0.05, 0.1) is 19.8 Å². The quantitative estimate of drug-likeness (QED) is 0.370. The molecule has 0 amide bonds. The molecule has 0 atom stereocenters. The maximum absolute atomic E-state index is 5.60. The molecule has 0 aliphatic carbocycles. The Kier molecular flexibility index (Phi) is 19.5. The summed E-state index contributed by atoms with van der Waals surface area (Å²) in [7, 11) is -1.10. The fourth-order valence-electron chi connectivity index (χ4n) is 0.962. The second-order valence-corrected chi connectivity index (χ2v) is 5.01. The van der Waals surface area contributed by atoms with Crippen LogP contribution in [0.5, 0.6) is 0 Å². The molecular formula is C12H28ClO3P. The van der Waals surface area contributed by atoms with E-state index in [1.54, 1.807) is 0 Å². The van der Waals surface area contributed by atoms with E-state index in [1.807, 2.05) is 0 Å². The normalized spacial score (nSPS) is 10.6. The zero-order valence-corrected chi connectivity index (χ0v) is 13.2. The van der Waals surface area contributed by atoms with Crippen LogP contribution in [0.3, 0.4) is 0 Å². The third-order valence-electron chi connectivity index (χ3n) is 2.08. The van der Waals surface area contributed by atoms with Crippen LogP contribution in [-0.4, -0.2) is 19.8 Å². The molecular weight excluding hydrogens is 259 g/mol. The fraction of sp³-hybridized carbons (Fsp3) is 1.00. The zero-order valence-electron chi connectivity index (χ0n) is 11.4. The van der Waals surface area contributed by atoms with Crippen LogP contribution in [0, 0.1) is 0 Å². The van der Waals surface area contributed by atoms with Crippen LogP contribution in [-0.2, 0) is 13.6 Å². The first kappa shape index (κ1) is 19.9. The van der Waals surface area contributed by atoms with Crippen molar-refractivity contribution in [3.8, 4) is 0 Å². The van der Waals surface area contributed by atoms with Crippen molar-refractivity contribution in [1.29, 1.82) is 0 Å². The highest BCUT2D eigenvalue weighted by Gasteiger charge is 2.11. The molecule has 0 fully saturated rings. The molecule has 0 aromatic rings. The molecule has 17 heavy (non-hydrogen) atoms. The van der Waals surface area contributed by atoms with E-state index in [2.05, 4.69) is 20.8 Å². The number of halogens is 1. The van der Waals surface area contributed by atoms with Crippen molar-refractivity contribution in [3.05, 3.63) is 0 Å². The average molecular weight is 287 g/mol. The lowest BCUT2D eigenvalue weighted by Crippen LogP contribution is -1.99. The predicted molar refractivity (Wildman–Crippen MR) is 76.7 cm³/mol. The highest BCUT2D eigenvalue weighted by Crippen LogP contribution is 2.40. The standard InChI is InChI=1S/C12H27O3P.ClH/c1-4-7-10-13-16(14-11-8-5-2)15-12-9-6-3;/h4-12H2,1-3H3;1H. The molecule has 0 aliphatic rings. The second-order valence-electron chi connectivity index (χ2n) is 3.78. The van der Waals surface area contributed by atoms with E-state index < -0.39 is 8.60 Å². The van der Waals surface area contributed by atoms with E-state index in [1.165, 1.54) is 0 Å². The molecule has 0 unspecified atom stereocenters. The van der Waals surface area contributed by atoms with Gasteiger partial charge in [-0.1, -0.05) is 40.0 Å². The highest BCUT2D eigenvalue weighted by molar-refractivity contribution is 7.41. The Morgan fingerprint density at radius 3 is 1.18 bits per heavy atom. The molecule has 0 aromatic heterocycles. The first-order valence-electron chi connectivity index (χ1n) is 6.54. The smallest absolute Gasteiger partial charge is 0.312 e. The van der Waals surface area contributed by atoms with Crippen LogP contribution < -0.4 is 0 Å². The number of rotatable bonds is 12. The molecule has 3 nitrogen and oxygen atoms in total. The van der Waals surface area contributed by atoms with Gasteiger partial charge in [0.15, 0.2) is 0 Å². The third-order valence-corrected chi connectivity index (χ3v) is 3.26. The van der Waals surface area contributed by atoms with Gasteiger partial charge in [-0.05, 0) is 19.3 Å². The number of unbranched alkanes of at least 4 members (excludes halogenated alkanes) is 3. The minimum Gasteiger partial charge on any atom is -0.312 e. The summed E-state index contributed by atoms with van der Waals surface area (Å²) in [5.74, 6) is 0. The summed E-state index contributed by atoms with van der Waals surface area (Å²) in [5, 5.41) is 0. The van der Waals surface area contributed by atoms with E-state index in [0.717, 1.165) is 58.3 Å². The van der Waals surface area contributed by atoms with Crippen molar-refractivity contribution in [2.45, 2.75) is 59.3 Å². The van der Waals surface area contributed by atoms with Gasteiger partial charge in [-0.2, -0.15) is 0 Å². The van der Waals surface area contributed by atoms with Gasteiger partial charge in [-0.3, -0.25) is 0 Å². The summed E-state index contributed by atoms with van der Waals surface area (Å²) in [6.45, 7) is 8.71. The zero-order chi connectivity index (χ0) is 12.1. The van der Waals surface area contributed by atoms with E-state index in [-0.39, 0.29) is 12.4 Å². The summed E-state index contributed by atoms with van der Waals surface area (Å²) >= 11 is 0. The fourth-order valence-corrected chi connectivity index (χ4v) is 2.02. The van der Waals surface area contributed by atoms with Crippen LogP contribution in [0.25, 0.3) is 0 Å². The molecule has 0 heterocycles. The minimum absolute atomic E-state index is 0. The average Bonchev–Trinajstić information content (AvgIpc) is 2.29. The van der Waals surface area contributed by atoms with Crippen molar-refractivity contribution in [1.82, 2.24) is 0 Å². The SMILES string of the molecule is CCCCOP(OCCCC)OCCCC.Cl. The Bertz CT molecular complexity index is 115. The summed E-state index contributed by atoms with van der Waals surface area (Å²) < 4.78 is 16.8. The predicted octanol–water partition coefficient (Wildman–Crippen LogP) is 5.09. The van der Waals surface area contributed by atoms with Crippen molar-refractivity contribution in [3.63, 3.8) is 0 Å². The van der Waals surface area contributed by atoms with E-state index in [0.29, 0.717) is 0 Å². The molecule has 0 bridgehead atoms. The highest BCUT2D eigenvalue weighted by atomic mass is 35.5. The van der Waals surface area contributed by atoms with E-state index >= 15 is 0 Å². The van der Waals surface area contributed by atoms with Gasteiger partial charge in [0, 0.05) is 0 Å². The number of hydrogen-bond donors (Lipinski definition) is 0. The second kappa shape index (κ2) is 16.6. The Morgan fingerprint density at radius 1 is 0.647 bits per heavy atom. The van der Waals surface area contributed by atoms with Crippen LogP contribution in [0.1, 0.15) is 59.3 Å². The molecule has 0 N–H and O–H groups in total. The lowest BCUT2D eigenvalue weighted by molar-refractivity contribution is 0.155. The van der Waals surface area contributed by atoms with Gasteiger partial charge >= 0.3 is 8.60 Å². The van der Waals surface area contributed by atoms with Crippen molar-refractivity contribution >= 4 is 21.0 Å². The van der Waals surface area contributed by atoms with Gasteiger partial charge in [0.25, 0.3) is 0 Å². The molecule has 0 saturated carbocycles. The van der Waals surface area contributed by atoms with Crippen molar-refractivity contribution < 1.29 is 13.6 Å². The summed E-state index contributed by atoms with van der Waals surface area (Å²) in [6.07, 6.45) is 6.67. The Balaban J connectivity index is 0. The van der Waals surface area contributed by atoms with Gasteiger partial charge in [-0.15, -0.1) is 12.4 Å². The number of hydrogen-bond acceptors (Lipinski definition) is 3. The first-order valence-corrected chi connectivity index (χ1v) is 7.63. The Labute approximate surface area is 114 Å². The molecule has 0 spiro atoms. The Morgan fingerprint density at radius 2 is 0.941 bits per heavy atom. The van der Waals surface area contributed by atoms with Gasteiger partial charge in [0.1, 0.15) is 0 Å². The van der Waals surface area contributed by atoms with Crippen molar-refractivity contribution in [2.75, 3.05) is 19.8 Å². The van der Waals surface area contributed by atoms with Crippen molar-refractivity contribution in [2.24, 2.45) is 0 Å². The lowest BCUT2D eigenvalue weighted by atomic mass is 10.4. The molecule has 0 aromatic carbocycles. The Hall–Kier alpha value is 0.600. The van der Waals surface area contributed by atoms with Crippen LogP contribution in [0.15, 0.2) is 0 Å². The van der Waals surface area contributed by atoms with Crippen LogP contribution in [0.2, 0.25) is 0 Å².